The predicted octanol–water partition coefficient (Wildman–Crippen LogP) is 0.452. The van der Waals surface area contributed by atoms with Gasteiger partial charge in [-0.15, -0.1) is 0 Å². The molecule has 5 nitrogen and oxygen atoms in total. The summed E-state index contributed by atoms with van der Waals surface area (Å²) >= 11 is 0. The van der Waals surface area contributed by atoms with Gasteiger partial charge in [0.15, 0.2) is 0 Å². The van der Waals surface area contributed by atoms with Crippen molar-refractivity contribution in [1.29, 1.82) is 0 Å². The Morgan fingerprint density at radius 1 is 1.38 bits per heavy atom. The average Bonchev–Trinajstić information content (AvgIpc) is 2.01. The van der Waals surface area contributed by atoms with Crippen LogP contribution in [0.2, 0.25) is 0 Å². The molecule has 0 unspecified atom stereocenters. The van der Waals surface area contributed by atoms with E-state index in [1.807, 2.05) is 0 Å². The second kappa shape index (κ2) is 6.16. The number of carbonyl (C=O) groups excluding carboxylic acids is 2. The quantitative estimate of drug-likeness (QED) is 0.394. The summed E-state index contributed by atoms with van der Waals surface area (Å²) in [5, 5.41) is 3.66. The van der Waals surface area contributed by atoms with E-state index in [1.165, 1.54) is 6.92 Å². The molecule has 0 rings (SSSR count). The van der Waals surface area contributed by atoms with Gasteiger partial charge in [0.2, 0.25) is 5.91 Å². The zero-order valence-electron chi connectivity index (χ0n) is 8.09. The van der Waals surface area contributed by atoms with Gasteiger partial charge in [-0.1, -0.05) is 0 Å². The lowest BCUT2D eigenvalue weighted by atomic mass is 10.3. The maximum absolute atomic E-state index is 10.9. The smallest absolute Gasteiger partial charge is 0.311 e. The molecule has 0 aliphatic heterocycles. The van der Waals surface area contributed by atoms with Crippen LogP contribution >= 0.6 is 0 Å². The van der Waals surface area contributed by atoms with E-state index < -0.39 is 0 Å². The molecule has 0 heterocycles. The number of amides is 1. The van der Waals surface area contributed by atoms with Gasteiger partial charge in [-0.05, 0) is 13.8 Å². The van der Waals surface area contributed by atoms with Crippen LogP contribution in [-0.2, 0) is 14.3 Å². The van der Waals surface area contributed by atoms with Gasteiger partial charge >= 0.3 is 5.97 Å². The molecular formula is C8H14N2O3. The molecule has 0 aliphatic rings. The molecule has 0 radical (unpaired) electrons. The Labute approximate surface area is 77.1 Å². The van der Waals surface area contributed by atoms with Gasteiger partial charge in [0.1, 0.15) is 0 Å². The minimum absolute atomic E-state index is 0.105. The highest BCUT2D eigenvalue weighted by atomic mass is 16.5. The Kier molecular flexibility index (Phi) is 5.50. The van der Waals surface area contributed by atoms with E-state index in [0.717, 1.165) is 0 Å². The maximum atomic E-state index is 10.9. The first-order valence-corrected chi connectivity index (χ1v) is 4.01. The lowest BCUT2D eigenvalue weighted by molar-refractivity contribution is -0.141. The number of rotatable bonds is 4. The van der Waals surface area contributed by atoms with Gasteiger partial charge in [-0.25, -0.2) is 5.43 Å². The van der Waals surface area contributed by atoms with Gasteiger partial charge < -0.3 is 4.74 Å². The SMILES string of the molecule is CCOC(=O)C/C(C)=N/NC(C)=O. The minimum Gasteiger partial charge on any atom is -0.466 e. The molecule has 0 bridgehead atoms. The molecule has 5 heteroatoms. The van der Waals surface area contributed by atoms with Crippen molar-refractivity contribution < 1.29 is 14.3 Å². The summed E-state index contributed by atoms with van der Waals surface area (Å²) in [7, 11) is 0. The lowest BCUT2D eigenvalue weighted by Gasteiger charge is -2.00. The molecule has 0 spiro atoms. The number of hydrazone groups is 1. The van der Waals surface area contributed by atoms with Crippen LogP contribution in [0.5, 0.6) is 0 Å². The monoisotopic (exact) mass is 186 g/mol. The Morgan fingerprint density at radius 3 is 2.46 bits per heavy atom. The number of hydrogen-bond donors (Lipinski definition) is 1. The summed E-state index contributed by atoms with van der Waals surface area (Å²) in [6.07, 6.45) is 0.105. The zero-order chi connectivity index (χ0) is 10.3. The van der Waals surface area contributed by atoms with E-state index in [1.54, 1.807) is 13.8 Å². The summed E-state index contributed by atoms with van der Waals surface area (Å²) in [6.45, 7) is 5.08. The van der Waals surface area contributed by atoms with E-state index in [9.17, 15) is 9.59 Å². The topological polar surface area (TPSA) is 67.8 Å². The number of ether oxygens (including phenoxy) is 1. The van der Waals surface area contributed by atoms with Crippen molar-refractivity contribution >= 4 is 17.6 Å². The number of esters is 1. The highest BCUT2D eigenvalue weighted by Gasteiger charge is 2.03. The molecular weight excluding hydrogens is 172 g/mol. The molecule has 13 heavy (non-hydrogen) atoms. The van der Waals surface area contributed by atoms with E-state index in [2.05, 4.69) is 15.3 Å². The van der Waals surface area contributed by atoms with E-state index in [4.69, 9.17) is 0 Å². The lowest BCUT2D eigenvalue weighted by Crippen LogP contribution is -2.17. The molecule has 0 atom stereocenters. The molecule has 1 N–H and O–H groups in total. The van der Waals surface area contributed by atoms with Crippen LogP contribution in [0.25, 0.3) is 0 Å². The van der Waals surface area contributed by atoms with Crippen molar-refractivity contribution in [2.75, 3.05) is 6.61 Å². The van der Waals surface area contributed by atoms with Crippen molar-refractivity contribution in [2.45, 2.75) is 27.2 Å². The maximum Gasteiger partial charge on any atom is 0.311 e. The Hall–Kier alpha value is -1.39. The van der Waals surface area contributed by atoms with Gasteiger partial charge in [0.05, 0.1) is 13.0 Å². The number of hydrogen-bond acceptors (Lipinski definition) is 4. The van der Waals surface area contributed by atoms with Gasteiger partial charge in [-0.3, -0.25) is 9.59 Å². The molecule has 0 aromatic heterocycles. The molecule has 1 amide bonds. The van der Waals surface area contributed by atoms with Crippen LogP contribution < -0.4 is 5.43 Å². The summed E-state index contributed by atoms with van der Waals surface area (Å²) in [5.74, 6) is -0.600. The second-order valence-corrected chi connectivity index (χ2v) is 2.50. The predicted molar refractivity (Wildman–Crippen MR) is 48.2 cm³/mol. The second-order valence-electron chi connectivity index (χ2n) is 2.50. The van der Waals surface area contributed by atoms with E-state index >= 15 is 0 Å². The number of nitrogens with zero attached hydrogens (tertiary/aromatic N) is 1. The first-order chi connectivity index (χ1) is 6.06. The summed E-state index contributed by atoms with van der Waals surface area (Å²) < 4.78 is 4.69. The third-order valence-corrected chi connectivity index (χ3v) is 1.11. The molecule has 0 aromatic carbocycles. The van der Waals surface area contributed by atoms with E-state index in [0.29, 0.717) is 12.3 Å². The van der Waals surface area contributed by atoms with Crippen LogP contribution in [0.15, 0.2) is 5.10 Å². The molecule has 0 aromatic rings. The molecule has 0 fully saturated rings. The van der Waals surface area contributed by atoms with Gasteiger partial charge in [-0.2, -0.15) is 5.10 Å². The van der Waals surface area contributed by atoms with Crippen molar-refractivity contribution in [2.24, 2.45) is 5.10 Å². The highest BCUT2D eigenvalue weighted by molar-refractivity contribution is 5.97. The minimum atomic E-state index is -0.339. The standard InChI is InChI=1S/C8H14N2O3/c1-4-13-8(12)5-6(2)9-10-7(3)11/h4-5H2,1-3H3,(H,10,11)/b9-6+. The molecule has 0 aliphatic carbocycles. The Bertz CT molecular complexity index is 223. The summed E-state index contributed by atoms with van der Waals surface area (Å²) in [6, 6.07) is 0. The molecule has 0 saturated heterocycles. The Morgan fingerprint density at radius 2 is 2.00 bits per heavy atom. The fraction of sp³-hybridized carbons (Fsp3) is 0.625. The van der Waals surface area contributed by atoms with Crippen molar-refractivity contribution in [1.82, 2.24) is 5.43 Å². The van der Waals surface area contributed by atoms with Gasteiger partial charge in [0.25, 0.3) is 0 Å². The first-order valence-electron chi connectivity index (χ1n) is 4.01. The fourth-order valence-corrected chi connectivity index (χ4v) is 0.635. The largest absolute Gasteiger partial charge is 0.466 e. The Balaban J connectivity index is 3.84. The van der Waals surface area contributed by atoms with Crippen LogP contribution in [0.4, 0.5) is 0 Å². The summed E-state index contributed by atoms with van der Waals surface area (Å²) in [5.41, 5.74) is 2.76. The third-order valence-electron chi connectivity index (χ3n) is 1.11. The normalized spacial score (nSPS) is 10.8. The van der Waals surface area contributed by atoms with Crippen molar-refractivity contribution in [3.8, 4) is 0 Å². The summed E-state index contributed by atoms with van der Waals surface area (Å²) in [4.78, 5) is 21.3. The van der Waals surface area contributed by atoms with E-state index in [-0.39, 0.29) is 18.3 Å². The van der Waals surface area contributed by atoms with Crippen LogP contribution in [0.3, 0.4) is 0 Å². The van der Waals surface area contributed by atoms with Crippen LogP contribution in [0.1, 0.15) is 27.2 Å². The van der Waals surface area contributed by atoms with Crippen LogP contribution in [0, 0.1) is 0 Å². The molecule has 0 saturated carbocycles. The fourth-order valence-electron chi connectivity index (χ4n) is 0.635. The number of nitrogens with one attached hydrogen (secondary N) is 1. The van der Waals surface area contributed by atoms with Crippen molar-refractivity contribution in [3.05, 3.63) is 0 Å². The van der Waals surface area contributed by atoms with Gasteiger partial charge in [0, 0.05) is 12.6 Å². The average molecular weight is 186 g/mol. The molecule has 74 valence electrons. The van der Waals surface area contributed by atoms with Crippen molar-refractivity contribution in [3.63, 3.8) is 0 Å². The third kappa shape index (κ3) is 6.99. The zero-order valence-corrected chi connectivity index (χ0v) is 8.09. The number of carbonyl (C=O) groups is 2. The highest BCUT2D eigenvalue weighted by Crippen LogP contribution is 1.89. The van der Waals surface area contributed by atoms with Crippen LogP contribution in [-0.4, -0.2) is 24.2 Å². The first kappa shape index (κ1) is 11.6.